The van der Waals surface area contributed by atoms with Crippen LogP contribution < -0.4 is 0 Å². The topological polar surface area (TPSA) is 74.3 Å². The number of fused-ring (bicyclic) bond motifs is 5. The van der Waals surface area contributed by atoms with Crippen LogP contribution in [0.1, 0.15) is 10.4 Å². The smallest absolute Gasteiger partial charge is 0.337 e. The summed E-state index contributed by atoms with van der Waals surface area (Å²) in [5, 5.41) is 0.961. The summed E-state index contributed by atoms with van der Waals surface area (Å²) < 4.78 is 8.88. The van der Waals surface area contributed by atoms with Gasteiger partial charge in [-0.2, -0.15) is 0 Å². The first-order valence-electron chi connectivity index (χ1n) is 8.03. The number of esters is 1. The van der Waals surface area contributed by atoms with E-state index >= 15 is 0 Å². The summed E-state index contributed by atoms with van der Waals surface area (Å²) in [7, 11) is 1.37. The number of ether oxygens (including phenoxy) is 1. The van der Waals surface area contributed by atoms with Crippen LogP contribution in [0.15, 0.2) is 61.3 Å². The number of nitrogens with zero attached hydrogens (tertiary/aromatic N) is 5. The first kappa shape index (κ1) is 14.6. The number of pyridine rings is 1. The molecule has 26 heavy (non-hydrogen) atoms. The molecule has 0 bridgehead atoms. The van der Waals surface area contributed by atoms with Crippen molar-refractivity contribution in [3.8, 4) is 5.69 Å². The van der Waals surface area contributed by atoms with Crippen LogP contribution in [0.4, 0.5) is 0 Å². The van der Waals surface area contributed by atoms with Crippen molar-refractivity contribution < 1.29 is 9.53 Å². The fourth-order valence-electron chi connectivity index (χ4n) is 3.29. The molecule has 0 aliphatic carbocycles. The molecule has 0 spiro atoms. The molecule has 0 saturated heterocycles. The van der Waals surface area contributed by atoms with Gasteiger partial charge in [0, 0.05) is 35.9 Å². The molecule has 5 rings (SSSR count). The quantitative estimate of drug-likeness (QED) is 0.461. The molecular formula is C19H13N5O2. The van der Waals surface area contributed by atoms with E-state index in [4.69, 9.17) is 9.72 Å². The summed E-state index contributed by atoms with van der Waals surface area (Å²) in [6.45, 7) is 0. The van der Waals surface area contributed by atoms with E-state index in [2.05, 4.69) is 14.5 Å². The molecule has 0 aliphatic heterocycles. The highest BCUT2D eigenvalue weighted by molar-refractivity contribution is 6.07. The molecule has 0 radical (unpaired) electrons. The Kier molecular flexibility index (Phi) is 3.02. The maximum atomic E-state index is 11.7. The second kappa shape index (κ2) is 5.38. The van der Waals surface area contributed by atoms with Crippen molar-refractivity contribution in [2.24, 2.45) is 0 Å². The van der Waals surface area contributed by atoms with Gasteiger partial charge in [0.25, 0.3) is 0 Å². The lowest BCUT2D eigenvalue weighted by atomic mass is 10.2. The van der Waals surface area contributed by atoms with Gasteiger partial charge < -0.3 is 4.74 Å². The maximum absolute atomic E-state index is 11.7. The molecular weight excluding hydrogens is 330 g/mol. The van der Waals surface area contributed by atoms with Gasteiger partial charge in [0.1, 0.15) is 5.52 Å². The van der Waals surface area contributed by atoms with Crippen LogP contribution in [0, 0.1) is 0 Å². The fourth-order valence-corrected chi connectivity index (χ4v) is 3.29. The minimum atomic E-state index is -0.357. The van der Waals surface area contributed by atoms with Gasteiger partial charge in [-0.1, -0.05) is 0 Å². The molecule has 7 nitrogen and oxygen atoms in total. The summed E-state index contributed by atoms with van der Waals surface area (Å²) in [4.78, 5) is 24.8. The zero-order valence-electron chi connectivity index (χ0n) is 13.8. The normalized spacial score (nSPS) is 11.4. The lowest BCUT2D eigenvalue weighted by Gasteiger charge is -2.08. The van der Waals surface area contributed by atoms with E-state index in [0.717, 1.165) is 33.4 Å². The number of carbonyl (C=O) groups is 1. The molecule has 4 heterocycles. The van der Waals surface area contributed by atoms with E-state index in [0.29, 0.717) is 5.56 Å². The summed E-state index contributed by atoms with van der Waals surface area (Å²) in [6.07, 6.45) is 8.92. The highest BCUT2D eigenvalue weighted by Crippen LogP contribution is 2.31. The second-order valence-corrected chi connectivity index (χ2v) is 5.86. The minimum Gasteiger partial charge on any atom is -0.465 e. The Hall–Kier alpha value is -3.74. The van der Waals surface area contributed by atoms with E-state index in [1.807, 2.05) is 35.0 Å². The molecule has 0 fully saturated rings. The fraction of sp³-hybridized carbons (Fsp3) is 0.0526. The maximum Gasteiger partial charge on any atom is 0.337 e. The number of carbonyl (C=O) groups excluding carboxylic acids is 1. The van der Waals surface area contributed by atoms with Crippen molar-refractivity contribution in [3.63, 3.8) is 0 Å². The number of hydrogen-bond acceptors (Lipinski definition) is 5. The van der Waals surface area contributed by atoms with Crippen LogP contribution in [0.5, 0.6) is 0 Å². The number of aromatic nitrogens is 5. The third kappa shape index (κ3) is 1.94. The lowest BCUT2D eigenvalue weighted by Crippen LogP contribution is -2.02. The number of rotatable bonds is 2. The first-order chi connectivity index (χ1) is 12.8. The predicted octanol–water partition coefficient (Wildman–Crippen LogP) is 3.01. The molecule has 0 aliphatic rings. The SMILES string of the molecule is COC(=O)c1ccc(-n2c3ccncc3c3nc4cnccn4c32)cc1. The number of hydrogen-bond donors (Lipinski definition) is 0. The number of methoxy groups -OCH3 is 1. The molecule has 1 aromatic carbocycles. The molecule has 4 aromatic heterocycles. The largest absolute Gasteiger partial charge is 0.465 e. The van der Waals surface area contributed by atoms with Gasteiger partial charge in [0.15, 0.2) is 11.3 Å². The molecule has 7 heteroatoms. The van der Waals surface area contributed by atoms with E-state index in [-0.39, 0.29) is 5.97 Å². The van der Waals surface area contributed by atoms with Crippen molar-refractivity contribution in [1.29, 1.82) is 0 Å². The molecule has 0 amide bonds. The Balaban J connectivity index is 1.86. The average molecular weight is 343 g/mol. The third-order valence-electron chi connectivity index (χ3n) is 4.46. The Bertz CT molecular complexity index is 1280. The van der Waals surface area contributed by atoms with E-state index < -0.39 is 0 Å². The first-order valence-corrected chi connectivity index (χ1v) is 8.03. The van der Waals surface area contributed by atoms with Crippen LogP contribution in [-0.2, 0) is 4.74 Å². The zero-order valence-corrected chi connectivity index (χ0v) is 13.8. The van der Waals surface area contributed by atoms with E-state index in [1.165, 1.54) is 7.11 Å². The summed E-state index contributed by atoms with van der Waals surface area (Å²) in [5.74, 6) is -0.357. The standard InChI is InChI=1S/C19H13N5O2/c1-26-19(25)12-2-4-13(5-3-12)24-15-6-7-20-10-14(15)17-18(24)23-9-8-21-11-16(23)22-17/h2-11H,1H3. The van der Waals surface area contributed by atoms with E-state index in [9.17, 15) is 4.79 Å². The summed E-state index contributed by atoms with van der Waals surface area (Å²) in [5.41, 5.74) is 4.97. The Morgan fingerprint density at radius 2 is 1.85 bits per heavy atom. The van der Waals surface area contributed by atoms with Gasteiger partial charge in [0.05, 0.1) is 24.4 Å². The summed E-state index contributed by atoms with van der Waals surface area (Å²) in [6, 6.07) is 9.26. The number of imidazole rings is 1. The second-order valence-electron chi connectivity index (χ2n) is 5.86. The molecule has 0 atom stereocenters. The van der Waals surface area contributed by atoms with Gasteiger partial charge in [-0.3, -0.25) is 18.9 Å². The molecule has 0 saturated carbocycles. The van der Waals surface area contributed by atoms with Crippen molar-refractivity contribution in [3.05, 3.63) is 66.9 Å². The lowest BCUT2D eigenvalue weighted by molar-refractivity contribution is 0.0601. The zero-order chi connectivity index (χ0) is 17.7. The summed E-state index contributed by atoms with van der Waals surface area (Å²) >= 11 is 0. The average Bonchev–Trinajstić information content (AvgIpc) is 3.22. The van der Waals surface area contributed by atoms with Crippen LogP contribution >= 0.6 is 0 Å². The molecule has 0 unspecified atom stereocenters. The van der Waals surface area contributed by atoms with Crippen molar-refractivity contribution in [2.75, 3.05) is 7.11 Å². The van der Waals surface area contributed by atoms with Gasteiger partial charge in [-0.15, -0.1) is 0 Å². The van der Waals surface area contributed by atoms with Crippen LogP contribution in [0.3, 0.4) is 0 Å². The molecule has 0 N–H and O–H groups in total. The predicted molar refractivity (Wildman–Crippen MR) is 96.5 cm³/mol. The highest BCUT2D eigenvalue weighted by Gasteiger charge is 2.18. The van der Waals surface area contributed by atoms with Crippen LogP contribution in [0.25, 0.3) is 33.4 Å². The number of benzene rings is 1. The minimum absolute atomic E-state index is 0.357. The van der Waals surface area contributed by atoms with Crippen LogP contribution in [-0.4, -0.2) is 37.0 Å². The van der Waals surface area contributed by atoms with Gasteiger partial charge in [0.2, 0.25) is 0 Å². The van der Waals surface area contributed by atoms with E-state index in [1.54, 1.807) is 30.7 Å². The van der Waals surface area contributed by atoms with Gasteiger partial charge in [-0.05, 0) is 30.3 Å². The van der Waals surface area contributed by atoms with Crippen molar-refractivity contribution >= 4 is 33.7 Å². The Morgan fingerprint density at radius 1 is 1.04 bits per heavy atom. The molecule has 126 valence electrons. The third-order valence-corrected chi connectivity index (χ3v) is 4.46. The monoisotopic (exact) mass is 343 g/mol. The van der Waals surface area contributed by atoms with Crippen molar-refractivity contribution in [2.45, 2.75) is 0 Å². The van der Waals surface area contributed by atoms with Crippen LogP contribution in [0.2, 0.25) is 0 Å². The van der Waals surface area contributed by atoms with Gasteiger partial charge >= 0.3 is 5.97 Å². The van der Waals surface area contributed by atoms with Crippen molar-refractivity contribution in [1.82, 2.24) is 23.9 Å². The molecule has 5 aromatic rings. The highest BCUT2D eigenvalue weighted by atomic mass is 16.5. The Morgan fingerprint density at radius 3 is 2.65 bits per heavy atom. The Labute approximate surface area is 147 Å². The van der Waals surface area contributed by atoms with Gasteiger partial charge in [-0.25, -0.2) is 9.78 Å².